The van der Waals surface area contributed by atoms with Crippen LogP contribution in [0.3, 0.4) is 0 Å². The van der Waals surface area contributed by atoms with Gasteiger partial charge in [-0.25, -0.2) is 0 Å². The summed E-state index contributed by atoms with van der Waals surface area (Å²) >= 11 is 0. The zero-order valence-electron chi connectivity index (χ0n) is 14.4. The third kappa shape index (κ3) is 4.59. The molecule has 2 rings (SSSR count). The van der Waals surface area contributed by atoms with Crippen molar-refractivity contribution in [1.82, 2.24) is 8.61 Å². The van der Waals surface area contributed by atoms with E-state index in [1.165, 1.54) is 8.61 Å². The molecular weight excluding hydrogens is 314 g/mol. The summed E-state index contributed by atoms with van der Waals surface area (Å²) in [5.41, 5.74) is 1.10. The predicted octanol–water partition coefficient (Wildman–Crippen LogP) is 1.65. The van der Waals surface area contributed by atoms with Gasteiger partial charge in [-0.15, -0.1) is 0 Å². The highest BCUT2D eigenvalue weighted by atomic mass is 32.2. The van der Waals surface area contributed by atoms with Crippen LogP contribution >= 0.6 is 0 Å². The Morgan fingerprint density at radius 3 is 2.13 bits per heavy atom. The Kier molecular flexibility index (Phi) is 5.89. The summed E-state index contributed by atoms with van der Waals surface area (Å²) in [6.45, 7) is 7.35. The summed E-state index contributed by atoms with van der Waals surface area (Å²) in [6.07, 6.45) is 0. The number of nitrogens with zero attached hydrogens (tertiary/aromatic N) is 3. The van der Waals surface area contributed by atoms with Gasteiger partial charge >= 0.3 is 0 Å². The molecule has 1 saturated heterocycles. The first-order valence-corrected chi connectivity index (χ1v) is 9.36. The second kappa shape index (κ2) is 7.51. The zero-order valence-corrected chi connectivity index (χ0v) is 15.2. The molecule has 0 amide bonds. The minimum atomic E-state index is -3.31. The van der Waals surface area contributed by atoms with Crippen molar-refractivity contribution in [3.63, 3.8) is 0 Å². The van der Waals surface area contributed by atoms with Crippen LogP contribution < -0.4 is 9.64 Å². The molecule has 0 aliphatic carbocycles. The molecule has 6 nitrogen and oxygen atoms in total. The summed E-state index contributed by atoms with van der Waals surface area (Å²) in [5, 5.41) is 0. The second-order valence-corrected chi connectivity index (χ2v) is 8.52. The third-order valence-corrected chi connectivity index (χ3v) is 5.75. The van der Waals surface area contributed by atoms with E-state index in [2.05, 4.69) is 18.7 Å². The molecule has 0 spiro atoms. The molecule has 1 fully saturated rings. The van der Waals surface area contributed by atoms with Crippen LogP contribution in [0.5, 0.6) is 5.75 Å². The van der Waals surface area contributed by atoms with Crippen LogP contribution in [0.15, 0.2) is 24.3 Å². The van der Waals surface area contributed by atoms with Gasteiger partial charge in [-0.1, -0.05) is 13.8 Å². The average molecular weight is 341 g/mol. The molecule has 0 unspecified atom stereocenters. The van der Waals surface area contributed by atoms with Gasteiger partial charge in [0.05, 0.1) is 6.61 Å². The van der Waals surface area contributed by atoms with Gasteiger partial charge in [0, 0.05) is 46.0 Å². The number of hydrogen-bond acceptors (Lipinski definition) is 4. The van der Waals surface area contributed by atoms with Crippen LogP contribution in [-0.4, -0.2) is 63.9 Å². The molecule has 130 valence electrons. The van der Waals surface area contributed by atoms with Crippen molar-refractivity contribution in [3.05, 3.63) is 24.3 Å². The van der Waals surface area contributed by atoms with E-state index in [1.54, 1.807) is 14.1 Å². The van der Waals surface area contributed by atoms with E-state index in [0.717, 1.165) is 11.4 Å². The molecule has 7 heteroatoms. The van der Waals surface area contributed by atoms with Crippen LogP contribution in [0.25, 0.3) is 0 Å². The van der Waals surface area contributed by atoms with Crippen molar-refractivity contribution in [2.75, 3.05) is 51.8 Å². The molecule has 0 saturated carbocycles. The van der Waals surface area contributed by atoms with Gasteiger partial charge in [-0.05, 0) is 30.2 Å². The fraction of sp³-hybridized carbons (Fsp3) is 0.625. The lowest BCUT2D eigenvalue weighted by atomic mass is 10.2. The normalized spacial score (nSPS) is 17.0. The van der Waals surface area contributed by atoms with E-state index in [0.29, 0.717) is 38.7 Å². The summed E-state index contributed by atoms with van der Waals surface area (Å²) in [6, 6.07) is 8.01. The first kappa shape index (κ1) is 18.0. The van der Waals surface area contributed by atoms with Gasteiger partial charge in [0.25, 0.3) is 10.2 Å². The Labute approximate surface area is 139 Å². The van der Waals surface area contributed by atoms with Crippen molar-refractivity contribution >= 4 is 15.9 Å². The predicted molar refractivity (Wildman–Crippen MR) is 93.2 cm³/mol. The van der Waals surface area contributed by atoms with Gasteiger partial charge < -0.3 is 9.64 Å². The molecule has 1 aliphatic rings. The molecular formula is C16H27N3O3S. The third-order valence-electron chi connectivity index (χ3n) is 3.81. The Bertz CT molecular complexity index is 592. The molecule has 0 radical (unpaired) electrons. The molecule has 1 aromatic carbocycles. The van der Waals surface area contributed by atoms with Gasteiger partial charge in [-0.3, -0.25) is 0 Å². The highest BCUT2D eigenvalue weighted by Crippen LogP contribution is 2.22. The summed E-state index contributed by atoms with van der Waals surface area (Å²) < 4.78 is 32.7. The topological polar surface area (TPSA) is 53.1 Å². The van der Waals surface area contributed by atoms with Gasteiger partial charge in [-0.2, -0.15) is 17.0 Å². The maximum atomic E-state index is 12.1. The molecule has 0 bridgehead atoms. The van der Waals surface area contributed by atoms with Crippen molar-refractivity contribution in [2.24, 2.45) is 5.92 Å². The number of benzene rings is 1. The lowest BCUT2D eigenvalue weighted by molar-refractivity contribution is 0.271. The summed E-state index contributed by atoms with van der Waals surface area (Å²) in [4.78, 5) is 2.20. The standard InChI is InChI=1S/C16H27N3O3S/c1-14(2)13-22-16-7-5-15(6-8-16)18-9-11-19(12-10-18)23(20,21)17(3)4/h5-8,14H,9-13H2,1-4H3. The van der Waals surface area contributed by atoms with Crippen molar-refractivity contribution in [2.45, 2.75) is 13.8 Å². The highest BCUT2D eigenvalue weighted by molar-refractivity contribution is 7.86. The fourth-order valence-corrected chi connectivity index (χ4v) is 3.51. The number of hydrogen-bond donors (Lipinski definition) is 0. The van der Waals surface area contributed by atoms with Crippen LogP contribution in [0.4, 0.5) is 5.69 Å². The van der Waals surface area contributed by atoms with E-state index >= 15 is 0 Å². The highest BCUT2D eigenvalue weighted by Gasteiger charge is 2.28. The molecule has 0 atom stereocenters. The minimum absolute atomic E-state index is 0.501. The Hall–Kier alpha value is -1.31. The first-order valence-electron chi connectivity index (χ1n) is 7.96. The van der Waals surface area contributed by atoms with Crippen LogP contribution in [0.1, 0.15) is 13.8 Å². The van der Waals surface area contributed by atoms with E-state index in [9.17, 15) is 8.42 Å². The van der Waals surface area contributed by atoms with Crippen molar-refractivity contribution in [1.29, 1.82) is 0 Å². The van der Waals surface area contributed by atoms with E-state index < -0.39 is 10.2 Å². The van der Waals surface area contributed by atoms with E-state index in [1.807, 2.05) is 24.3 Å². The first-order chi connectivity index (χ1) is 10.8. The van der Waals surface area contributed by atoms with Crippen molar-refractivity contribution in [3.8, 4) is 5.75 Å². The number of anilines is 1. The van der Waals surface area contributed by atoms with Crippen LogP contribution in [0.2, 0.25) is 0 Å². The second-order valence-electron chi connectivity index (χ2n) is 6.38. The minimum Gasteiger partial charge on any atom is -0.493 e. The monoisotopic (exact) mass is 341 g/mol. The maximum Gasteiger partial charge on any atom is 0.281 e. The van der Waals surface area contributed by atoms with Gasteiger partial charge in [0.1, 0.15) is 5.75 Å². The Morgan fingerprint density at radius 1 is 1.09 bits per heavy atom. The van der Waals surface area contributed by atoms with E-state index in [4.69, 9.17) is 4.74 Å². The Morgan fingerprint density at radius 2 is 1.65 bits per heavy atom. The molecule has 0 N–H and O–H groups in total. The molecule has 1 aliphatic heterocycles. The largest absolute Gasteiger partial charge is 0.493 e. The molecule has 1 aromatic rings. The quantitative estimate of drug-likeness (QED) is 0.789. The maximum absolute atomic E-state index is 12.1. The number of rotatable bonds is 6. The van der Waals surface area contributed by atoms with Crippen LogP contribution in [-0.2, 0) is 10.2 Å². The summed E-state index contributed by atoms with van der Waals surface area (Å²) in [7, 11) is -0.174. The van der Waals surface area contributed by atoms with E-state index in [-0.39, 0.29) is 0 Å². The van der Waals surface area contributed by atoms with Gasteiger partial charge in [0.2, 0.25) is 0 Å². The Balaban J connectivity index is 1.93. The lowest BCUT2D eigenvalue weighted by Gasteiger charge is -2.36. The number of ether oxygens (including phenoxy) is 1. The smallest absolute Gasteiger partial charge is 0.281 e. The fourth-order valence-electron chi connectivity index (χ4n) is 2.42. The molecule has 23 heavy (non-hydrogen) atoms. The molecule has 0 aromatic heterocycles. The SMILES string of the molecule is CC(C)COc1ccc(N2CCN(S(=O)(=O)N(C)C)CC2)cc1. The molecule has 1 heterocycles. The summed E-state index contributed by atoms with van der Waals surface area (Å²) in [5.74, 6) is 1.37. The zero-order chi connectivity index (χ0) is 17.0. The van der Waals surface area contributed by atoms with Crippen molar-refractivity contribution < 1.29 is 13.2 Å². The van der Waals surface area contributed by atoms with Crippen LogP contribution in [0, 0.1) is 5.92 Å². The van der Waals surface area contributed by atoms with Gasteiger partial charge in [0.15, 0.2) is 0 Å². The number of piperazine rings is 1. The average Bonchev–Trinajstić information content (AvgIpc) is 2.53. The lowest BCUT2D eigenvalue weighted by Crippen LogP contribution is -2.51.